The number of aromatic nitrogens is 2. The van der Waals surface area contributed by atoms with Crippen LogP contribution in [0.1, 0.15) is 35.6 Å². The van der Waals surface area contributed by atoms with Crippen molar-refractivity contribution < 1.29 is 4.52 Å². The summed E-state index contributed by atoms with van der Waals surface area (Å²) < 4.78 is 5.35. The van der Waals surface area contributed by atoms with Crippen LogP contribution in [0.25, 0.3) is 0 Å². The predicted octanol–water partition coefficient (Wildman–Crippen LogP) is 2.89. The van der Waals surface area contributed by atoms with Crippen LogP contribution in [-0.4, -0.2) is 52.7 Å². The van der Waals surface area contributed by atoms with Gasteiger partial charge in [-0.05, 0) is 32.6 Å². The number of piperidine rings is 1. The van der Waals surface area contributed by atoms with E-state index in [9.17, 15) is 0 Å². The molecular formula is C18H27N5OS. The van der Waals surface area contributed by atoms with Crippen LogP contribution in [0.3, 0.4) is 0 Å². The van der Waals surface area contributed by atoms with E-state index >= 15 is 0 Å². The molecule has 2 aromatic heterocycles. The van der Waals surface area contributed by atoms with Crippen LogP contribution in [-0.2, 0) is 13.1 Å². The molecule has 3 saturated heterocycles. The van der Waals surface area contributed by atoms with Crippen molar-refractivity contribution in [1.29, 1.82) is 0 Å². The Hall–Kier alpha value is -1.44. The molecule has 5 heterocycles. The lowest BCUT2D eigenvalue weighted by atomic mass is 9.95. The fraction of sp³-hybridized carbons (Fsp3) is 0.667. The quantitative estimate of drug-likeness (QED) is 0.884. The van der Waals surface area contributed by atoms with Gasteiger partial charge in [0.1, 0.15) is 5.76 Å². The molecule has 0 aliphatic carbocycles. The lowest BCUT2D eigenvalue weighted by molar-refractivity contribution is 0.122. The van der Waals surface area contributed by atoms with Crippen LogP contribution in [0.15, 0.2) is 9.90 Å². The highest BCUT2D eigenvalue weighted by molar-refractivity contribution is 7.13. The van der Waals surface area contributed by atoms with Crippen molar-refractivity contribution in [1.82, 2.24) is 19.9 Å². The molecule has 3 aliphatic heterocycles. The van der Waals surface area contributed by atoms with Gasteiger partial charge in [-0.15, -0.1) is 11.3 Å². The number of nitrogens with one attached hydrogen (secondary N) is 1. The van der Waals surface area contributed by atoms with E-state index in [0.717, 1.165) is 42.1 Å². The Kier molecular flexibility index (Phi) is 4.80. The number of aryl methyl sites for hydroxylation is 2. The summed E-state index contributed by atoms with van der Waals surface area (Å²) in [5.41, 5.74) is 3.50. The number of rotatable bonds is 5. The first-order chi connectivity index (χ1) is 12.1. The minimum absolute atomic E-state index is 0.624. The van der Waals surface area contributed by atoms with E-state index in [1.54, 1.807) is 11.3 Å². The van der Waals surface area contributed by atoms with E-state index < -0.39 is 0 Å². The second-order valence-electron chi connectivity index (χ2n) is 7.42. The molecule has 2 aromatic rings. The second kappa shape index (κ2) is 7.05. The maximum atomic E-state index is 5.35. The summed E-state index contributed by atoms with van der Waals surface area (Å²) in [6, 6.07) is 0.624. The summed E-state index contributed by atoms with van der Waals surface area (Å²) in [5, 5.41) is 10.4. The van der Waals surface area contributed by atoms with Crippen LogP contribution >= 0.6 is 11.3 Å². The van der Waals surface area contributed by atoms with Gasteiger partial charge in [-0.2, -0.15) is 0 Å². The summed E-state index contributed by atoms with van der Waals surface area (Å²) in [7, 11) is 1.93. The van der Waals surface area contributed by atoms with Crippen molar-refractivity contribution >= 4 is 16.5 Å². The fourth-order valence-electron chi connectivity index (χ4n) is 4.25. The van der Waals surface area contributed by atoms with Crippen LogP contribution < -0.4 is 5.32 Å². The monoisotopic (exact) mass is 361 g/mol. The minimum Gasteiger partial charge on any atom is -0.365 e. The first-order valence-electron chi connectivity index (χ1n) is 9.12. The number of fused-ring (bicyclic) bond motifs is 4. The third-order valence-electron chi connectivity index (χ3n) is 5.60. The van der Waals surface area contributed by atoms with E-state index in [0.29, 0.717) is 6.04 Å². The first-order valence-corrected chi connectivity index (χ1v) is 10.0. The second-order valence-corrected chi connectivity index (χ2v) is 8.28. The number of hydrogen-bond acceptors (Lipinski definition) is 7. The Balaban J connectivity index is 1.45. The van der Waals surface area contributed by atoms with Gasteiger partial charge < -0.3 is 9.84 Å². The lowest BCUT2D eigenvalue weighted by Gasteiger charge is -2.35. The van der Waals surface area contributed by atoms with Crippen LogP contribution in [0.4, 0.5) is 5.13 Å². The van der Waals surface area contributed by atoms with Crippen molar-refractivity contribution in [3.8, 4) is 0 Å². The van der Waals surface area contributed by atoms with E-state index in [1.165, 1.54) is 37.2 Å². The van der Waals surface area contributed by atoms with Gasteiger partial charge in [0, 0.05) is 56.8 Å². The van der Waals surface area contributed by atoms with Gasteiger partial charge in [0.05, 0.1) is 11.4 Å². The average molecular weight is 362 g/mol. The molecule has 0 spiro atoms. The topological polar surface area (TPSA) is 57.4 Å². The van der Waals surface area contributed by atoms with Gasteiger partial charge in [0.25, 0.3) is 0 Å². The molecule has 6 nitrogen and oxygen atoms in total. The average Bonchev–Trinajstić information content (AvgIpc) is 3.06. The smallest absolute Gasteiger partial charge is 0.182 e. The van der Waals surface area contributed by atoms with Crippen LogP contribution in [0, 0.1) is 19.8 Å². The van der Waals surface area contributed by atoms with Gasteiger partial charge >= 0.3 is 0 Å². The van der Waals surface area contributed by atoms with Gasteiger partial charge in [0.15, 0.2) is 5.13 Å². The molecule has 136 valence electrons. The molecule has 2 bridgehead atoms. The number of nitrogens with zero attached hydrogens (tertiary/aromatic N) is 4. The fourth-order valence-corrected chi connectivity index (χ4v) is 4.92. The molecule has 3 aliphatic rings. The molecule has 0 amide bonds. The molecule has 2 atom stereocenters. The van der Waals surface area contributed by atoms with Crippen molar-refractivity contribution in [2.45, 2.75) is 45.8 Å². The van der Waals surface area contributed by atoms with E-state index in [2.05, 4.69) is 30.6 Å². The van der Waals surface area contributed by atoms with Crippen molar-refractivity contribution in [2.24, 2.45) is 5.92 Å². The standard InChI is InChI=1S/C18H27N5OS/c1-12-17(13(2)24-21-12)10-22-6-14-4-5-16(9-22)23(7-14)8-15-11-25-18(19-3)20-15/h11,14,16H,4-10H2,1-3H3,(H,19,20)/t14-,16+/m1/s1. The molecule has 0 unspecified atom stereocenters. The minimum atomic E-state index is 0.624. The lowest BCUT2D eigenvalue weighted by Crippen LogP contribution is -2.43. The predicted molar refractivity (Wildman–Crippen MR) is 99.8 cm³/mol. The Morgan fingerprint density at radius 2 is 2.12 bits per heavy atom. The van der Waals surface area contributed by atoms with Gasteiger partial charge in [-0.1, -0.05) is 5.16 Å². The van der Waals surface area contributed by atoms with Gasteiger partial charge in [0.2, 0.25) is 0 Å². The normalized spacial score (nSPS) is 24.6. The molecule has 0 saturated carbocycles. The molecule has 25 heavy (non-hydrogen) atoms. The molecule has 1 N–H and O–H groups in total. The Morgan fingerprint density at radius 1 is 1.24 bits per heavy atom. The zero-order valence-electron chi connectivity index (χ0n) is 15.3. The van der Waals surface area contributed by atoms with Crippen LogP contribution in [0.2, 0.25) is 0 Å². The zero-order valence-corrected chi connectivity index (χ0v) is 16.1. The zero-order chi connectivity index (χ0) is 17.4. The van der Waals surface area contributed by atoms with Crippen molar-refractivity contribution in [3.63, 3.8) is 0 Å². The Labute approximate surface area is 153 Å². The summed E-state index contributed by atoms with van der Waals surface area (Å²) >= 11 is 1.69. The summed E-state index contributed by atoms with van der Waals surface area (Å²) in [6.07, 6.45) is 2.64. The van der Waals surface area contributed by atoms with E-state index in [-0.39, 0.29) is 0 Å². The maximum Gasteiger partial charge on any atom is 0.182 e. The number of thiazole rings is 1. The molecule has 0 aromatic carbocycles. The SMILES string of the molecule is CNc1nc(CN2C[C@@H]3CC[C@H]2CN(Cc2c(C)noc2C)C3)cs1. The van der Waals surface area contributed by atoms with Gasteiger partial charge in [-0.25, -0.2) is 4.98 Å². The van der Waals surface area contributed by atoms with Crippen molar-refractivity contribution in [3.05, 3.63) is 28.1 Å². The van der Waals surface area contributed by atoms with E-state index in [4.69, 9.17) is 4.52 Å². The highest BCUT2D eigenvalue weighted by Crippen LogP contribution is 2.31. The van der Waals surface area contributed by atoms with Crippen molar-refractivity contribution in [2.75, 3.05) is 32.0 Å². The van der Waals surface area contributed by atoms with E-state index in [1.807, 2.05) is 20.9 Å². The largest absolute Gasteiger partial charge is 0.365 e. The third kappa shape index (κ3) is 3.59. The summed E-state index contributed by atoms with van der Waals surface area (Å²) in [5.74, 6) is 1.72. The van der Waals surface area contributed by atoms with Gasteiger partial charge in [-0.3, -0.25) is 9.80 Å². The molecule has 7 heteroatoms. The highest BCUT2D eigenvalue weighted by Gasteiger charge is 2.35. The Morgan fingerprint density at radius 3 is 2.84 bits per heavy atom. The Bertz CT molecular complexity index is 707. The third-order valence-corrected chi connectivity index (χ3v) is 6.50. The van der Waals surface area contributed by atoms with Crippen LogP contribution in [0.5, 0.6) is 0 Å². The number of anilines is 1. The molecule has 5 rings (SSSR count). The molecule has 0 radical (unpaired) electrons. The maximum absolute atomic E-state index is 5.35. The molecule has 3 fully saturated rings. The molecular weight excluding hydrogens is 334 g/mol. The summed E-state index contributed by atoms with van der Waals surface area (Å²) in [4.78, 5) is 9.93. The highest BCUT2D eigenvalue weighted by atomic mass is 32.1. The first kappa shape index (κ1) is 17.0. The summed E-state index contributed by atoms with van der Waals surface area (Å²) in [6.45, 7) is 9.50. The number of hydrogen-bond donors (Lipinski definition) is 1.